The molecule has 0 saturated heterocycles. The summed E-state index contributed by atoms with van der Waals surface area (Å²) in [5, 5.41) is 0. The molecule has 0 nitrogen and oxygen atoms in total. The van der Waals surface area contributed by atoms with Gasteiger partial charge in [0.15, 0.2) is 0 Å². The van der Waals surface area contributed by atoms with Crippen molar-refractivity contribution in [3.05, 3.63) is 76.9 Å². The topological polar surface area (TPSA) is 0 Å². The zero-order valence-electron chi connectivity index (χ0n) is 18.2. The molecular formula is C26H25F7. The Balaban J connectivity index is 1.81. The lowest BCUT2D eigenvalue weighted by molar-refractivity contribution is -0.0790. The highest BCUT2D eigenvalue weighted by Crippen LogP contribution is 2.40. The summed E-state index contributed by atoms with van der Waals surface area (Å²) in [4.78, 5) is 0. The van der Waals surface area contributed by atoms with E-state index in [0.29, 0.717) is 23.6 Å². The fourth-order valence-electron chi connectivity index (χ4n) is 4.45. The summed E-state index contributed by atoms with van der Waals surface area (Å²) in [7, 11) is 0. The monoisotopic (exact) mass is 470 g/mol. The van der Waals surface area contributed by atoms with E-state index < -0.39 is 46.1 Å². The Morgan fingerprint density at radius 3 is 1.94 bits per heavy atom. The van der Waals surface area contributed by atoms with Crippen LogP contribution >= 0.6 is 0 Å². The molecule has 0 heterocycles. The Hall–Kier alpha value is -2.57. The molecule has 178 valence electrons. The molecule has 7 heteroatoms. The fourth-order valence-corrected chi connectivity index (χ4v) is 4.45. The van der Waals surface area contributed by atoms with Crippen LogP contribution in [0, 0.1) is 29.2 Å². The third kappa shape index (κ3) is 6.49. The molecule has 0 bridgehead atoms. The molecule has 0 radical (unpaired) electrons. The van der Waals surface area contributed by atoms with Gasteiger partial charge in [0.2, 0.25) is 0 Å². The van der Waals surface area contributed by atoms with E-state index in [1.54, 1.807) is 0 Å². The van der Waals surface area contributed by atoms with Gasteiger partial charge in [0.1, 0.15) is 23.3 Å². The SMILES string of the molecule is CC=CCCC1CCC(c2cc(F)c(-c3cc(F)c(C=CC(F)(F)F)c(F)c3)c(F)c2)CC1. The lowest BCUT2D eigenvalue weighted by Gasteiger charge is -2.29. The van der Waals surface area contributed by atoms with E-state index >= 15 is 0 Å². The van der Waals surface area contributed by atoms with E-state index in [1.165, 1.54) is 12.1 Å². The molecule has 0 unspecified atom stereocenters. The first-order valence-corrected chi connectivity index (χ1v) is 10.9. The number of allylic oxidation sites excluding steroid dienone is 3. The molecular weight excluding hydrogens is 445 g/mol. The summed E-state index contributed by atoms with van der Waals surface area (Å²) in [5.41, 5.74) is -1.45. The molecule has 3 rings (SSSR count). The van der Waals surface area contributed by atoms with Gasteiger partial charge in [-0.05, 0) is 98.8 Å². The van der Waals surface area contributed by atoms with Crippen molar-refractivity contribution in [2.24, 2.45) is 5.92 Å². The molecule has 33 heavy (non-hydrogen) atoms. The number of rotatable bonds is 6. The zero-order chi connectivity index (χ0) is 24.2. The van der Waals surface area contributed by atoms with Crippen molar-refractivity contribution in [3.63, 3.8) is 0 Å². The lowest BCUT2D eigenvalue weighted by Crippen LogP contribution is -2.14. The Morgan fingerprint density at radius 2 is 1.42 bits per heavy atom. The Bertz CT molecular complexity index is 979. The summed E-state index contributed by atoms with van der Waals surface area (Å²) in [6, 6.07) is 3.65. The average Bonchev–Trinajstić information content (AvgIpc) is 2.72. The van der Waals surface area contributed by atoms with Gasteiger partial charge in [0, 0.05) is 11.6 Å². The van der Waals surface area contributed by atoms with Gasteiger partial charge in [-0.3, -0.25) is 0 Å². The largest absolute Gasteiger partial charge is 0.409 e. The molecule has 0 N–H and O–H groups in total. The van der Waals surface area contributed by atoms with Gasteiger partial charge in [0.05, 0.1) is 5.56 Å². The fraction of sp³-hybridized carbons (Fsp3) is 0.385. The third-order valence-corrected chi connectivity index (χ3v) is 6.17. The summed E-state index contributed by atoms with van der Waals surface area (Å²) < 4.78 is 95.1. The number of benzene rings is 2. The minimum absolute atomic E-state index is 0.00405. The Morgan fingerprint density at radius 1 is 0.848 bits per heavy atom. The van der Waals surface area contributed by atoms with Crippen LogP contribution in [0.2, 0.25) is 0 Å². The molecule has 1 aliphatic rings. The maximum Gasteiger partial charge on any atom is 0.409 e. The molecule has 1 aliphatic carbocycles. The van der Waals surface area contributed by atoms with Crippen LogP contribution in [-0.2, 0) is 0 Å². The van der Waals surface area contributed by atoms with Gasteiger partial charge in [-0.1, -0.05) is 12.2 Å². The van der Waals surface area contributed by atoms with E-state index in [-0.39, 0.29) is 18.1 Å². The van der Waals surface area contributed by atoms with E-state index in [0.717, 1.165) is 38.5 Å². The van der Waals surface area contributed by atoms with Crippen molar-refractivity contribution in [1.29, 1.82) is 0 Å². The van der Waals surface area contributed by atoms with Gasteiger partial charge < -0.3 is 0 Å². The van der Waals surface area contributed by atoms with Crippen molar-refractivity contribution in [3.8, 4) is 11.1 Å². The second-order valence-corrected chi connectivity index (χ2v) is 8.45. The van der Waals surface area contributed by atoms with Crippen molar-refractivity contribution in [2.45, 2.75) is 57.5 Å². The quantitative estimate of drug-likeness (QED) is 0.292. The van der Waals surface area contributed by atoms with Crippen LogP contribution in [0.25, 0.3) is 17.2 Å². The van der Waals surface area contributed by atoms with Crippen LogP contribution in [0.4, 0.5) is 30.7 Å². The average molecular weight is 470 g/mol. The van der Waals surface area contributed by atoms with Crippen LogP contribution in [0.15, 0.2) is 42.5 Å². The van der Waals surface area contributed by atoms with Crippen molar-refractivity contribution < 1.29 is 30.7 Å². The smallest absolute Gasteiger partial charge is 0.206 e. The van der Waals surface area contributed by atoms with Gasteiger partial charge in [0.25, 0.3) is 0 Å². The van der Waals surface area contributed by atoms with Gasteiger partial charge in [-0.25, -0.2) is 17.6 Å². The first kappa shape index (κ1) is 25.1. The zero-order valence-corrected chi connectivity index (χ0v) is 18.2. The molecule has 0 spiro atoms. The summed E-state index contributed by atoms with van der Waals surface area (Å²) in [6.07, 6.45) is 4.99. The molecule has 0 atom stereocenters. The predicted molar refractivity (Wildman–Crippen MR) is 116 cm³/mol. The molecule has 0 amide bonds. The summed E-state index contributed by atoms with van der Waals surface area (Å²) in [5.74, 6) is -4.02. The van der Waals surface area contributed by atoms with Gasteiger partial charge in [-0.2, -0.15) is 13.2 Å². The molecule has 2 aromatic rings. The summed E-state index contributed by atoms with van der Waals surface area (Å²) >= 11 is 0. The predicted octanol–water partition coefficient (Wildman–Crippen LogP) is 9.12. The highest BCUT2D eigenvalue weighted by atomic mass is 19.4. The maximum absolute atomic E-state index is 14.8. The minimum atomic E-state index is -4.75. The normalized spacial score (nSPS) is 19.6. The lowest BCUT2D eigenvalue weighted by atomic mass is 9.77. The first-order chi connectivity index (χ1) is 15.6. The number of halogens is 7. The number of alkyl halides is 3. The van der Waals surface area contributed by atoms with Gasteiger partial charge in [-0.15, -0.1) is 0 Å². The van der Waals surface area contributed by atoms with Crippen LogP contribution < -0.4 is 0 Å². The van der Waals surface area contributed by atoms with Crippen LogP contribution in [0.1, 0.15) is 62.5 Å². The van der Waals surface area contributed by atoms with E-state index in [2.05, 4.69) is 6.08 Å². The highest BCUT2D eigenvalue weighted by molar-refractivity contribution is 5.68. The molecule has 0 aliphatic heterocycles. The second kappa shape index (κ2) is 10.6. The highest BCUT2D eigenvalue weighted by Gasteiger charge is 2.26. The number of hydrogen-bond acceptors (Lipinski definition) is 0. The minimum Gasteiger partial charge on any atom is -0.206 e. The molecule has 1 fully saturated rings. The van der Waals surface area contributed by atoms with Crippen LogP contribution in [-0.4, -0.2) is 6.18 Å². The molecule has 0 aromatic heterocycles. The second-order valence-electron chi connectivity index (χ2n) is 8.45. The number of hydrogen-bond donors (Lipinski definition) is 0. The van der Waals surface area contributed by atoms with Crippen molar-refractivity contribution >= 4 is 6.08 Å². The molecule has 2 aromatic carbocycles. The Kier molecular flexibility index (Phi) is 8.03. The standard InChI is InChI=1S/C26H25F7/c1-2-3-4-5-16-6-8-17(9-7-16)18-12-23(29)25(24(30)13-18)19-14-21(27)20(22(28)15-19)10-11-26(31,32)33/h2-3,10-17H,4-9H2,1H3. The summed E-state index contributed by atoms with van der Waals surface area (Å²) in [6.45, 7) is 1.98. The van der Waals surface area contributed by atoms with E-state index in [1.807, 2.05) is 13.0 Å². The van der Waals surface area contributed by atoms with Crippen molar-refractivity contribution in [1.82, 2.24) is 0 Å². The first-order valence-electron chi connectivity index (χ1n) is 10.9. The van der Waals surface area contributed by atoms with Crippen molar-refractivity contribution in [2.75, 3.05) is 0 Å². The Labute approximate surface area is 188 Å². The molecule has 1 saturated carbocycles. The van der Waals surface area contributed by atoms with Gasteiger partial charge >= 0.3 is 6.18 Å². The van der Waals surface area contributed by atoms with E-state index in [9.17, 15) is 30.7 Å². The van der Waals surface area contributed by atoms with Crippen LogP contribution in [0.3, 0.4) is 0 Å². The third-order valence-electron chi connectivity index (χ3n) is 6.17. The van der Waals surface area contributed by atoms with Crippen LogP contribution in [0.5, 0.6) is 0 Å². The maximum atomic E-state index is 14.8. The van der Waals surface area contributed by atoms with E-state index in [4.69, 9.17) is 0 Å².